The van der Waals surface area contributed by atoms with Crippen molar-refractivity contribution in [1.29, 1.82) is 0 Å². The van der Waals surface area contributed by atoms with Crippen molar-refractivity contribution in [1.82, 2.24) is 5.32 Å². The average molecular weight is 278 g/mol. The molecule has 5 heteroatoms. The molecule has 0 radical (unpaired) electrons. The van der Waals surface area contributed by atoms with E-state index in [2.05, 4.69) is 19.2 Å². The first-order valence-electron chi connectivity index (χ1n) is 6.67. The summed E-state index contributed by atoms with van der Waals surface area (Å²) in [6.45, 7) is 4.19. The van der Waals surface area contributed by atoms with Gasteiger partial charge in [0.2, 0.25) is 0 Å². The summed E-state index contributed by atoms with van der Waals surface area (Å²) < 4.78 is 10.6. The summed E-state index contributed by atoms with van der Waals surface area (Å²) in [6.07, 6.45) is 1.01. The van der Waals surface area contributed by atoms with Crippen LogP contribution in [0.4, 0.5) is 5.69 Å². The lowest BCUT2D eigenvalue weighted by atomic mass is 9.64. The van der Waals surface area contributed by atoms with Crippen LogP contribution in [0.3, 0.4) is 0 Å². The molecular weight excluding hydrogens is 256 g/mol. The summed E-state index contributed by atoms with van der Waals surface area (Å²) in [7, 11) is 3.23. The van der Waals surface area contributed by atoms with Crippen LogP contribution in [0.1, 0.15) is 30.6 Å². The average Bonchev–Trinajstić information content (AvgIpc) is 2.42. The molecule has 1 fully saturated rings. The highest BCUT2D eigenvalue weighted by molar-refractivity contribution is 5.97. The zero-order valence-corrected chi connectivity index (χ0v) is 12.4. The van der Waals surface area contributed by atoms with Gasteiger partial charge in [0.1, 0.15) is 5.75 Å². The van der Waals surface area contributed by atoms with Crippen molar-refractivity contribution < 1.29 is 14.3 Å². The van der Waals surface area contributed by atoms with Crippen LogP contribution >= 0.6 is 0 Å². The van der Waals surface area contributed by atoms with Crippen molar-refractivity contribution >= 4 is 11.6 Å². The van der Waals surface area contributed by atoms with Crippen molar-refractivity contribution in [2.24, 2.45) is 5.41 Å². The first kappa shape index (κ1) is 14.7. The van der Waals surface area contributed by atoms with E-state index in [4.69, 9.17) is 15.2 Å². The van der Waals surface area contributed by atoms with Crippen molar-refractivity contribution in [3.8, 4) is 5.75 Å². The summed E-state index contributed by atoms with van der Waals surface area (Å²) in [5.41, 5.74) is 6.70. The Morgan fingerprint density at radius 2 is 2.10 bits per heavy atom. The van der Waals surface area contributed by atoms with E-state index in [-0.39, 0.29) is 23.5 Å². The van der Waals surface area contributed by atoms with Gasteiger partial charge in [0.15, 0.2) is 0 Å². The van der Waals surface area contributed by atoms with Gasteiger partial charge in [-0.1, -0.05) is 13.8 Å². The van der Waals surface area contributed by atoms with Gasteiger partial charge >= 0.3 is 0 Å². The number of carbonyl (C=O) groups excluding carboxylic acids is 1. The number of nitrogen functional groups attached to an aromatic ring is 1. The fourth-order valence-electron chi connectivity index (χ4n) is 2.66. The lowest BCUT2D eigenvalue weighted by Gasteiger charge is -2.51. The van der Waals surface area contributed by atoms with Gasteiger partial charge in [-0.25, -0.2) is 0 Å². The molecule has 0 aliphatic heterocycles. The number of nitrogens with one attached hydrogen (secondary N) is 1. The van der Waals surface area contributed by atoms with Crippen LogP contribution < -0.4 is 15.8 Å². The molecule has 1 amide bonds. The van der Waals surface area contributed by atoms with Crippen molar-refractivity contribution in [2.45, 2.75) is 32.4 Å². The van der Waals surface area contributed by atoms with Gasteiger partial charge in [-0.2, -0.15) is 0 Å². The maximum absolute atomic E-state index is 12.3. The van der Waals surface area contributed by atoms with Gasteiger partial charge in [-0.15, -0.1) is 0 Å². The summed E-state index contributed by atoms with van der Waals surface area (Å²) >= 11 is 0. The second kappa shape index (κ2) is 5.32. The van der Waals surface area contributed by atoms with Crippen LogP contribution in [-0.4, -0.2) is 32.3 Å². The first-order chi connectivity index (χ1) is 9.40. The Hall–Kier alpha value is -1.75. The van der Waals surface area contributed by atoms with Crippen molar-refractivity contribution in [2.75, 3.05) is 20.0 Å². The molecule has 2 rings (SSSR count). The Balaban J connectivity index is 2.10. The van der Waals surface area contributed by atoms with E-state index >= 15 is 0 Å². The molecule has 3 N–H and O–H groups in total. The highest BCUT2D eigenvalue weighted by Gasteiger charge is 2.49. The van der Waals surface area contributed by atoms with E-state index in [9.17, 15) is 4.79 Å². The Labute approximate surface area is 119 Å². The minimum absolute atomic E-state index is 0.0640. The van der Waals surface area contributed by atoms with Crippen LogP contribution in [0.25, 0.3) is 0 Å². The van der Waals surface area contributed by atoms with Crippen LogP contribution in [0.2, 0.25) is 0 Å². The molecule has 1 saturated carbocycles. The standard InChI is InChI=1S/C15H22N2O3/c1-15(2)12(8-13(15)20-4)17-14(18)10-6-5-9(16)7-11(10)19-3/h5-7,12-13H,8,16H2,1-4H3,(H,17,18). The van der Waals surface area contributed by atoms with Gasteiger partial charge in [0, 0.05) is 30.3 Å². The number of hydrogen-bond donors (Lipinski definition) is 2. The zero-order valence-electron chi connectivity index (χ0n) is 12.4. The van der Waals surface area contributed by atoms with E-state index < -0.39 is 0 Å². The summed E-state index contributed by atoms with van der Waals surface area (Å²) in [4.78, 5) is 12.3. The molecule has 1 aromatic rings. The molecule has 0 heterocycles. The van der Waals surface area contributed by atoms with Gasteiger partial charge in [-0.05, 0) is 18.6 Å². The number of benzene rings is 1. The first-order valence-corrected chi connectivity index (χ1v) is 6.67. The Bertz CT molecular complexity index is 514. The van der Waals surface area contributed by atoms with Gasteiger partial charge in [0.25, 0.3) is 5.91 Å². The van der Waals surface area contributed by atoms with E-state index in [1.165, 1.54) is 7.11 Å². The maximum atomic E-state index is 12.3. The minimum Gasteiger partial charge on any atom is -0.496 e. The molecule has 0 aromatic heterocycles. The zero-order chi connectivity index (χ0) is 14.9. The topological polar surface area (TPSA) is 73.6 Å². The number of ether oxygens (including phenoxy) is 2. The summed E-state index contributed by atoms with van der Waals surface area (Å²) in [6, 6.07) is 5.13. The third kappa shape index (κ3) is 2.45. The number of amides is 1. The predicted octanol–water partition coefficient (Wildman–Crippen LogP) is 1.82. The van der Waals surface area contributed by atoms with Gasteiger partial charge in [0.05, 0.1) is 18.8 Å². The van der Waals surface area contributed by atoms with Crippen LogP contribution in [0.15, 0.2) is 18.2 Å². The third-order valence-electron chi connectivity index (χ3n) is 4.24. The van der Waals surface area contributed by atoms with Gasteiger partial charge < -0.3 is 20.5 Å². The predicted molar refractivity (Wildman–Crippen MR) is 77.9 cm³/mol. The second-order valence-corrected chi connectivity index (χ2v) is 5.77. The van der Waals surface area contributed by atoms with E-state index in [1.54, 1.807) is 25.3 Å². The number of hydrogen-bond acceptors (Lipinski definition) is 4. The smallest absolute Gasteiger partial charge is 0.255 e. The highest BCUT2D eigenvalue weighted by atomic mass is 16.5. The molecular formula is C15H22N2O3. The molecule has 2 unspecified atom stereocenters. The SMILES string of the molecule is COc1cc(N)ccc1C(=O)NC1CC(OC)C1(C)C. The quantitative estimate of drug-likeness (QED) is 0.824. The van der Waals surface area contributed by atoms with Crippen LogP contribution in [0.5, 0.6) is 5.75 Å². The van der Waals surface area contributed by atoms with Crippen LogP contribution in [-0.2, 0) is 4.74 Å². The number of carbonyl (C=O) groups is 1. The highest BCUT2D eigenvalue weighted by Crippen LogP contribution is 2.42. The fourth-order valence-corrected chi connectivity index (χ4v) is 2.66. The molecule has 1 aliphatic carbocycles. The van der Waals surface area contributed by atoms with Crippen molar-refractivity contribution in [3.05, 3.63) is 23.8 Å². The molecule has 20 heavy (non-hydrogen) atoms. The fraction of sp³-hybridized carbons (Fsp3) is 0.533. The molecule has 1 aliphatic rings. The lowest BCUT2D eigenvalue weighted by Crippen LogP contribution is -2.61. The third-order valence-corrected chi connectivity index (χ3v) is 4.24. The molecule has 2 atom stereocenters. The molecule has 0 bridgehead atoms. The second-order valence-electron chi connectivity index (χ2n) is 5.77. The summed E-state index contributed by atoms with van der Waals surface area (Å²) in [5, 5.41) is 3.04. The normalized spacial score (nSPS) is 23.8. The summed E-state index contributed by atoms with van der Waals surface area (Å²) in [5.74, 6) is 0.345. The van der Waals surface area contributed by atoms with Gasteiger partial charge in [-0.3, -0.25) is 4.79 Å². The van der Waals surface area contributed by atoms with E-state index in [0.717, 1.165) is 6.42 Å². The number of rotatable bonds is 4. The van der Waals surface area contributed by atoms with Crippen molar-refractivity contribution in [3.63, 3.8) is 0 Å². The molecule has 110 valence electrons. The molecule has 0 saturated heterocycles. The monoisotopic (exact) mass is 278 g/mol. The Morgan fingerprint density at radius 1 is 1.40 bits per heavy atom. The van der Waals surface area contributed by atoms with E-state index in [1.807, 2.05) is 0 Å². The van der Waals surface area contributed by atoms with Crippen LogP contribution in [0, 0.1) is 5.41 Å². The number of anilines is 1. The number of methoxy groups -OCH3 is 2. The minimum atomic E-state index is -0.144. The van der Waals surface area contributed by atoms with E-state index in [0.29, 0.717) is 17.0 Å². The lowest BCUT2D eigenvalue weighted by molar-refractivity contribution is -0.0942. The largest absolute Gasteiger partial charge is 0.496 e. The Kier molecular flexibility index (Phi) is 3.90. The number of nitrogens with two attached hydrogens (primary N) is 1. The maximum Gasteiger partial charge on any atom is 0.255 e. The molecule has 5 nitrogen and oxygen atoms in total. The molecule has 1 aromatic carbocycles. The Morgan fingerprint density at radius 3 is 2.65 bits per heavy atom. The molecule has 0 spiro atoms.